The summed E-state index contributed by atoms with van der Waals surface area (Å²) >= 11 is 0. The van der Waals surface area contributed by atoms with Gasteiger partial charge < -0.3 is 5.11 Å². The highest BCUT2D eigenvalue weighted by atomic mass is 16.3. The van der Waals surface area contributed by atoms with E-state index >= 15 is 0 Å². The van der Waals surface area contributed by atoms with Gasteiger partial charge >= 0.3 is 0 Å². The van der Waals surface area contributed by atoms with E-state index in [4.69, 9.17) is 0 Å². The maximum absolute atomic E-state index is 9.28. The molecule has 0 saturated heterocycles. The summed E-state index contributed by atoms with van der Waals surface area (Å²) in [5, 5.41) is 12.0. The predicted molar refractivity (Wildman–Crippen MR) is 62.1 cm³/mol. The van der Waals surface area contributed by atoms with Gasteiger partial charge in [-0.25, -0.2) is 0 Å². The highest BCUT2D eigenvalue weighted by molar-refractivity contribution is 5.87. The van der Waals surface area contributed by atoms with E-state index in [2.05, 4.69) is 36.4 Å². The van der Waals surface area contributed by atoms with E-state index in [-0.39, 0.29) is 6.61 Å². The molecule has 2 aromatic rings. The molecule has 76 valence electrons. The van der Waals surface area contributed by atoms with Crippen LogP contribution in [0.3, 0.4) is 0 Å². The van der Waals surface area contributed by atoms with Crippen LogP contribution in [0.2, 0.25) is 0 Å². The summed E-state index contributed by atoms with van der Waals surface area (Å²) in [6, 6.07) is 12.9. The molecule has 1 aliphatic rings. The van der Waals surface area contributed by atoms with Gasteiger partial charge in [0, 0.05) is 12.5 Å². The average molecular weight is 198 g/mol. The molecule has 0 heterocycles. The van der Waals surface area contributed by atoms with Gasteiger partial charge in [0.15, 0.2) is 0 Å². The third kappa shape index (κ3) is 1.27. The Hall–Kier alpha value is -1.34. The van der Waals surface area contributed by atoms with Crippen LogP contribution >= 0.6 is 0 Å². The van der Waals surface area contributed by atoms with Gasteiger partial charge in [0.1, 0.15) is 0 Å². The Bertz CT molecular complexity index is 502. The van der Waals surface area contributed by atoms with Crippen LogP contribution in [0.5, 0.6) is 0 Å². The zero-order valence-electron chi connectivity index (χ0n) is 8.61. The summed E-state index contributed by atoms with van der Waals surface area (Å²) in [6.45, 7) is 0.283. The first-order valence-corrected chi connectivity index (χ1v) is 5.51. The fourth-order valence-corrected chi connectivity index (χ4v) is 2.68. The van der Waals surface area contributed by atoms with Crippen LogP contribution in [0.1, 0.15) is 23.5 Å². The number of aliphatic hydroxyl groups excluding tert-OH is 1. The van der Waals surface area contributed by atoms with E-state index < -0.39 is 0 Å². The maximum Gasteiger partial charge on any atom is 0.0499 e. The molecule has 1 aliphatic carbocycles. The van der Waals surface area contributed by atoms with Crippen molar-refractivity contribution in [3.63, 3.8) is 0 Å². The number of benzene rings is 2. The van der Waals surface area contributed by atoms with Gasteiger partial charge in [0.05, 0.1) is 0 Å². The molecule has 15 heavy (non-hydrogen) atoms. The van der Waals surface area contributed by atoms with Crippen LogP contribution in [0.4, 0.5) is 0 Å². The summed E-state index contributed by atoms with van der Waals surface area (Å²) in [4.78, 5) is 0. The molecule has 0 spiro atoms. The lowest BCUT2D eigenvalue weighted by atomic mass is 9.98. The molecular weight excluding hydrogens is 184 g/mol. The first-order chi connectivity index (χ1) is 7.40. The van der Waals surface area contributed by atoms with Crippen molar-refractivity contribution >= 4 is 10.8 Å². The molecule has 1 N–H and O–H groups in total. The number of hydrogen-bond acceptors (Lipinski definition) is 1. The largest absolute Gasteiger partial charge is 0.396 e. The van der Waals surface area contributed by atoms with Crippen LogP contribution in [0.15, 0.2) is 36.4 Å². The lowest BCUT2D eigenvalue weighted by molar-refractivity contribution is 0.265. The lowest BCUT2D eigenvalue weighted by Gasteiger charge is -2.09. The summed E-state index contributed by atoms with van der Waals surface area (Å²) in [5.41, 5.74) is 2.81. The van der Waals surface area contributed by atoms with Crippen LogP contribution in [-0.2, 0) is 6.42 Å². The summed E-state index contributed by atoms with van der Waals surface area (Å²) < 4.78 is 0. The van der Waals surface area contributed by atoms with Crippen LogP contribution < -0.4 is 0 Å². The van der Waals surface area contributed by atoms with Gasteiger partial charge in [-0.1, -0.05) is 36.4 Å². The molecule has 2 aromatic carbocycles. The normalized spacial score (nSPS) is 19.4. The van der Waals surface area contributed by atoms with Crippen molar-refractivity contribution in [1.29, 1.82) is 0 Å². The summed E-state index contributed by atoms with van der Waals surface area (Å²) in [6.07, 6.45) is 2.21. The van der Waals surface area contributed by atoms with Crippen LogP contribution in [-0.4, -0.2) is 11.7 Å². The SMILES string of the molecule is OCC1CCc2c1ccc1ccccc21. The van der Waals surface area contributed by atoms with Crippen molar-refractivity contribution in [3.05, 3.63) is 47.5 Å². The maximum atomic E-state index is 9.28. The van der Waals surface area contributed by atoms with E-state index in [1.165, 1.54) is 21.9 Å². The molecule has 0 fully saturated rings. The molecule has 1 unspecified atom stereocenters. The van der Waals surface area contributed by atoms with E-state index in [0.717, 1.165) is 12.8 Å². The minimum absolute atomic E-state index is 0.283. The summed E-state index contributed by atoms with van der Waals surface area (Å²) in [5.74, 6) is 0.365. The molecule has 0 amide bonds. The van der Waals surface area contributed by atoms with Gasteiger partial charge in [-0.2, -0.15) is 0 Å². The topological polar surface area (TPSA) is 20.2 Å². The monoisotopic (exact) mass is 198 g/mol. The number of hydrogen-bond donors (Lipinski definition) is 1. The molecule has 1 nitrogen and oxygen atoms in total. The van der Waals surface area contributed by atoms with Gasteiger partial charge in [0.2, 0.25) is 0 Å². The Labute approximate surface area is 89.4 Å². The van der Waals surface area contributed by atoms with Crippen molar-refractivity contribution in [2.75, 3.05) is 6.61 Å². The molecule has 0 radical (unpaired) electrons. The standard InChI is InChI=1S/C14H14O/c15-9-11-6-8-14-12-4-2-1-3-10(12)5-7-13(11)14/h1-5,7,11,15H,6,8-9H2. The minimum atomic E-state index is 0.283. The Morgan fingerprint density at radius 3 is 2.87 bits per heavy atom. The Morgan fingerprint density at radius 2 is 2.00 bits per heavy atom. The third-order valence-corrected chi connectivity index (χ3v) is 3.48. The Balaban J connectivity index is 2.28. The predicted octanol–water partition coefficient (Wildman–Crippen LogP) is 2.86. The molecule has 0 aliphatic heterocycles. The Morgan fingerprint density at radius 1 is 1.13 bits per heavy atom. The quantitative estimate of drug-likeness (QED) is 0.747. The molecule has 0 aromatic heterocycles. The van der Waals surface area contributed by atoms with E-state index in [0.29, 0.717) is 5.92 Å². The van der Waals surface area contributed by atoms with Crippen molar-refractivity contribution in [3.8, 4) is 0 Å². The summed E-state index contributed by atoms with van der Waals surface area (Å²) in [7, 11) is 0. The van der Waals surface area contributed by atoms with E-state index in [9.17, 15) is 5.11 Å². The van der Waals surface area contributed by atoms with Gasteiger partial charge in [-0.3, -0.25) is 0 Å². The Kier molecular flexibility index (Phi) is 2.00. The van der Waals surface area contributed by atoms with Crippen molar-refractivity contribution < 1.29 is 5.11 Å². The number of aliphatic hydroxyl groups is 1. The zero-order valence-corrected chi connectivity index (χ0v) is 8.61. The van der Waals surface area contributed by atoms with Crippen LogP contribution in [0, 0.1) is 0 Å². The highest BCUT2D eigenvalue weighted by Crippen LogP contribution is 2.36. The molecule has 0 bridgehead atoms. The third-order valence-electron chi connectivity index (χ3n) is 3.48. The number of fused-ring (bicyclic) bond motifs is 3. The van der Waals surface area contributed by atoms with E-state index in [1.807, 2.05) is 0 Å². The smallest absolute Gasteiger partial charge is 0.0499 e. The first-order valence-electron chi connectivity index (χ1n) is 5.51. The minimum Gasteiger partial charge on any atom is -0.396 e. The average Bonchev–Trinajstić information content (AvgIpc) is 2.72. The fraction of sp³-hybridized carbons (Fsp3) is 0.286. The number of rotatable bonds is 1. The highest BCUT2D eigenvalue weighted by Gasteiger charge is 2.22. The van der Waals surface area contributed by atoms with E-state index in [1.54, 1.807) is 0 Å². The van der Waals surface area contributed by atoms with Crippen molar-refractivity contribution in [2.45, 2.75) is 18.8 Å². The second-order valence-electron chi connectivity index (χ2n) is 4.27. The number of aryl methyl sites for hydroxylation is 1. The fourth-order valence-electron chi connectivity index (χ4n) is 2.68. The molecule has 3 rings (SSSR count). The van der Waals surface area contributed by atoms with Gasteiger partial charge in [0.25, 0.3) is 0 Å². The molecule has 1 atom stereocenters. The molecule has 0 saturated carbocycles. The lowest BCUT2D eigenvalue weighted by Crippen LogP contribution is -1.98. The molecule has 1 heteroatoms. The second kappa shape index (κ2) is 3.35. The van der Waals surface area contributed by atoms with Crippen LogP contribution in [0.25, 0.3) is 10.8 Å². The molecular formula is C14H14O. The first kappa shape index (κ1) is 8.93. The zero-order chi connectivity index (χ0) is 10.3. The van der Waals surface area contributed by atoms with Crippen molar-refractivity contribution in [2.24, 2.45) is 0 Å². The van der Waals surface area contributed by atoms with Gasteiger partial charge in [-0.15, -0.1) is 0 Å². The second-order valence-corrected chi connectivity index (χ2v) is 4.27. The van der Waals surface area contributed by atoms with Crippen molar-refractivity contribution in [1.82, 2.24) is 0 Å². The van der Waals surface area contributed by atoms with Gasteiger partial charge in [-0.05, 0) is 34.7 Å².